The van der Waals surface area contributed by atoms with Crippen molar-refractivity contribution in [2.24, 2.45) is 0 Å². The smallest absolute Gasteiger partial charge is 0.137 e. The van der Waals surface area contributed by atoms with Crippen LogP contribution in [-0.4, -0.2) is 53.4 Å². The van der Waals surface area contributed by atoms with Gasteiger partial charge in [-0.3, -0.25) is 0 Å². The van der Waals surface area contributed by atoms with E-state index in [1.54, 1.807) is 12.7 Å². The lowest BCUT2D eigenvalue weighted by atomic mass is 10.3. The van der Waals surface area contributed by atoms with E-state index < -0.39 is 0 Å². The Labute approximate surface area is 85.1 Å². The van der Waals surface area contributed by atoms with Crippen LogP contribution in [0.3, 0.4) is 0 Å². The summed E-state index contributed by atoms with van der Waals surface area (Å²) >= 11 is 0. The molecular formula is C9H19N5. The van der Waals surface area contributed by atoms with Gasteiger partial charge in [-0.25, -0.2) is 9.67 Å². The highest BCUT2D eigenvalue weighted by Crippen LogP contribution is 1.98. The Morgan fingerprint density at radius 3 is 2.86 bits per heavy atom. The van der Waals surface area contributed by atoms with Crippen molar-refractivity contribution < 1.29 is 0 Å². The summed E-state index contributed by atoms with van der Waals surface area (Å²) in [6.45, 7) is 5.12. The summed E-state index contributed by atoms with van der Waals surface area (Å²) in [6, 6.07) is 0.361. The molecule has 0 spiro atoms. The van der Waals surface area contributed by atoms with Crippen LogP contribution in [0.4, 0.5) is 0 Å². The van der Waals surface area contributed by atoms with Crippen molar-refractivity contribution in [3.8, 4) is 0 Å². The first-order chi connectivity index (χ1) is 6.70. The van der Waals surface area contributed by atoms with Crippen molar-refractivity contribution in [3.63, 3.8) is 0 Å². The Kier molecular flexibility index (Phi) is 4.55. The molecule has 0 aliphatic carbocycles. The summed E-state index contributed by atoms with van der Waals surface area (Å²) in [5.41, 5.74) is 0. The fraction of sp³-hybridized carbons (Fsp3) is 0.778. The molecule has 1 heterocycles. The quantitative estimate of drug-likeness (QED) is 0.652. The molecule has 0 aliphatic rings. The zero-order valence-corrected chi connectivity index (χ0v) is 9.14. The first-order valence-electron chi connectivity index (χ1n) is 4.89. The molecule has 0 aromatic carbocycles. The van der Waals surface area contributed by atoms with E-state index in [0.29, 0.717) is 6.04 Å². The third-order valence-electron chi connectivity index (χ3n) is 2.06. The number of hydrogen-bond acceptors (Lipinski definition) is 4. The van der Waals surface area contributed by atoms with Gasteiger partial charge in [0.1, 0.15) is 12.7 Å². The zero-order valence-electron chi connectivity index (χ0n) is 9.14. The minimum atomic E-state index is 0.361. The van der Waals surface area contributed by atoms with Gasteiger partial charge in [0.15, 0.2) is 0 Å². The molecule has 0 radical (unpaired) electrons. The van der Waals surface area contributed by atoms with Gasteiger partial charge in [-0.15, -0.1) is 0 Å². The van der Waals surface area contributed by atoms with Gasteiger partial charge in [0.25, 0.3) is 0 Å². The van der Waals surface area contributed by atoms with Crippen LogP contribution in [0.1, 0.15) is 13.0 Å². The maximum atomic E-state index is 4.09. The molecule has 0 bridgehead atoms. The zero-order chi connectivity index (χ0) is 10.4. The van der Waals surface area contributed by atoms with Crippen molar-refractivity contribution in [2.45, 2.75) is 13.0 Å². The minimum absolute atomic E-state index is 0.361. The molecule has 1 unspecified atom stereocenters. The van der Waals surface area contributed by atoms with Gasteiger partial charge in [-0.1, -0.05) is 0 Å². The summed E-state index contributed by atoms with van der Waals surface area (Å²) in [4.78, 5) is 6.08. The monoisotopic (exact) mass is 197 g/mol. The van der Waals surface area contributed by atoms with Gasteiger partial charge < -0.3 is 10.2 Å². The third-order valence-corrected chi connectivity index (χ3v) is 2.06. The molecule has 1 aromatic rings. The molecule has 1 rings (SSSR count). The Balaban J connectivity index is 2.13. The van der Waals surface area contributed by atoms with E-state index in [2.05, 4.69) is 41.3 Å². The summed E-state index contributed by atoms with van der Waals surface area (Å²) < 4.78 is 1.86. The maximum Gasteiger partial charge on any atom is 0.137 e. The number of hydrogen-bond donors (Lipinski definition) is 1. The molecule has 1 N–H and O–H groups in total. The van der Waals surface area contributed by atoms with E-state index >= 15 is 0 Å². The summed E-state index contributed by atoms with van der Waals surface area (Å²) in [6.07, 6.45) is 3.31. The molecule has 0 fully saturated rings. The Morgan fingerprint density at radius 1 is 1.50 bits per heavy atom. The minimum Gasteiger partial charge on any atom is -0.313 e. The molecule has 5 nitrogen and oxygen atoms in total. The Hall–Kier alpha value is -0.940. The number of likely N-dealkylation sites (N-methyl/N-ethyl adjacent to an activating group) is 1. The second-order valence-corrected chi connectivity index (χ2v) is 3.73. The summed E-state index contributed by atoms with van der Waals surface area (Å²) in [5, 5.41) is 7.46. The standard InChI is InChI=1S/C9H19N5/c1-9(14-8-11-7-12-14)6-10-4-5-13(2)3/h7-10H,4-6H2,1-3H3. The van der Waals surface area contributed by atoms with E-state index in [1.165, 1.54) is 0 Å². The van der Waals surface area contributed by atoms with Crippen LogP contribution in [-0.2, 0) is 0 Å². The molecular weight excluding hydrogens is 178 g/mol. The molecule has 0 aliphatic heterocycles. The fourth-order valence-electron chi connectivity index (χ4n) is 1.15. The first kappa shape index (κ1) is 11.1. The topological polar surface area (TPSA) is 46.0 Å². The summed E-state index contributed by atoms with van der Waals surface area (Å²) in [7, 11) is 4.14. The van der Waals surface area contributed by atoms with Crippen molar-refractivity contribution in [3.05, 3.63) is 12.7 Å². The van der Waals surface area contributed by atoms with Crippen LogP contribution in [0.25, 0.3) is 0 Å². The Bertz CT molecular complexity index is 231. The van der Waals surface area contributed by atoms with Gasteiger partial charge >= 0.3 is 0 Å². The highest BCUT2D eigenvalue weighted by Gasteiger charge is 2.03. The van der Waals surface area contributed by atoms with Crippen LogP contribution in [0.15, 0.2) is 12.7 Å². The van der Waals surface area contributed by atoms with Crippen LogP contribution in [0, 0.1) is 0 Å². The number of nitrogens with zero attached hydrogens (tertiary/aromatic N) is 4. The lowest BCUT2D eigenvalue weighted by Gasteiger charge is -2.14. The molecule has 1 aromatic heterocycles. The molecule has 0 saturated carbocycles. The third kappa shape index (κ3) is 3.85. The van der Waals surface area contributed by atoms with Crippen molar-refractivity contribution >= 4 is 0 Å². The molecule has 0 saturated heterocycles. The molecule has 14 heavy (non-hydrogen) atoms. The van der Waals surface area contributed by atoms with E-state index in [-0.39, 0.29) is 0 Å². The lowest BCUT2D eigenvalue weighted by Crippen LogP contribution is -2.30. The van der Waals surface area contributed by atoms with E-state index in [9.17, 15) is 0 Å². The fourth-order valence-corrected chi connectivity index (χ4v) is 1.15. The second-order valence-electron chi connectivity index (χ2n) is 3.73. The average molecular weight is 197 g/mol. The highest BCUT2D eigenvalue weighted by atomic mass is 15.3. The number of nitrogens with one attached hydrogen (secondary N) is 1. The predicted octanol–water partition coefficient (Wildman–Crippen LogP) is -0.00970. The van der Waals surface area contributed by atoms with Gasteiger partial charge in [-0.2, -0.15) is 5.10 Å². The Morgan fingerprint density at radius 2 is 2.29 bits per heavy atom. The number of aromatic nitrogens is 3. The van der Waals surface area contributed by atoms with E-state index in [4.69, 9.17) is 0 Å². The van der Waals surface area contributed by atoms with Gasteiger partial charge in [0, 0.05) is 19.6 Å². The maximum absolute atomic E-state index is 4.09. The van der Waals surface area contributed by atoms with Crippen LogP contribution in [0.2, 0.25) is 0 Å². The highest BCUT2D eigenvalue weighted by molar-refractivity contribution is 4.66. The van der Waals surface area contributed by atoms with Gasteiger partial charge in [0.2, 0.25) is 0 Å². The van der Waals surface area contributed by atoms with Crippen molar-refractivity contribution in [1.29, 1.82) is 0 Å². The normalized spacial score (nSPS) is 13.4. The second kappa shape index (κ2) is 5.72. The van der Waals surface area contributed by atoms with Gasteiger partial charge in [0.05, 0.1) is 6.04 Å². The van der Waals surface area contributed by atoms with Crippen LogP contribution in [0.5, 0.6) is 0 Å². The van der Waals surface area contributed by atoms with E-state index in [0.717, 1.165) is 19.6 Å². The SMILES string of the molecule is CC(CNCCN(C)C)n1cncn1. The van der Waals surface area contributed by atoms with Crippen LogP contribution >= 0.6 is 0 Å². The van der Waals surface area contributed by atoms with Crippen molar-refractivity contribution in [2.75, 3.05) is 33.7 Å². The lowest BCUT2D eigenvalue weighted by molar-refractivity contribution is 0.383. The molecule has 0 amide bonds. The van der Waals surface area contributed by atoms with Gasteiger partial charge in [-0.05, 0) is 21.0 Å². The molecule has 5 heteroatoms. The molecule has 1 atom stereocenters. The van der Waals surface area contributed by atoms with Crippen molar-refractivity contribution in [1.82, 2.24) is 25.0 Å². The van der Waals surface area contributed by atoms with Crippen LogP contribution < -0.4 is 5.32 Å². The summed E-state index contributed by atoms with van der Waals surface area (Å²) in [5.74, 6) is 0. The largest absolute Gasteiger partial charge is 0.313 e. The number of rotatable bonds is 6. The predicted molar refractivity (Wildman–Crippen MR) is 56.2 cm³/mol. The first-order valence-corrected chi connectivity index (χ1v) is 4.89. The average Bonchev–Trinajstić information content (AvgIpc) is 2.64. The molecule has 80 valence electrons. The van der Waals surface area contributed by atoms with E-state index in [1.807, 2.05) is 4.68 Å².